The molecule has 168 valence electrons. The highest BCUT2D eigenvalue weighted by Crippen LogP contribution is 2.32. The third-order valence-electron chi connectivity index (χ3n) is 5.57. The monoisotopic (exact) mass is 420 g/mol. The van der Waals surface area contributed by atoms with E-state index in [2.05, 4.69) is 34.6 Å². The van der Waals surface area contributed by atoms with Crippen LogP contribution in [0.5, 0.6) is 11.5 Å². The Kier molecular flexibility index (Phi) is 9.04. The van der Waals surface area contributed by atoms with Crippen LogP contribution in [0.3, 0.4) is 0 Å². The fraction of sp³-hybridized carbons (Fsp3) is 0.682. The van der Waals surface area contributed by atoms with Crippen LogP contribution in [0.2, 0.25) is 0 Å². The quantitative estimate of drug-likeness (QED) is 0.466. The van der Waals surface area contributed by atoms with Crippen LogP contribution in [-0.2, 0) is 9.47 Å². The van der Waals surface area contributed by atoms with Crippen molar-refractivity contribution in [1.82, 2.24) is 15.5 Å². The Hall–Kier alpha value is -2.03. The maximum atomic E-state index is 5.73. The molecule has 0 aliphatic carbocycles. The number of hydrogen-bond acceptors (Lipinski definition) is 6. The maximum Gasteiger partial charge on any atom is 0.191 e. The zero-order valence-electron chi connectivity index (χ0n) is 18.5. The molecule has 2 aliphatic rings. The molecule has 3 rings (SSSR count). The van der Waals surface area contributed by atoms with E-state index in [0.717, 1.165) is 81.9 Å². The van der Waals surface area contributed by atoms with Crippen LogP contribution in [0.1, 0.15) is 31.4 Å². The van der Waals surface area contributed by atoms with Crippen molar-refractivity contribution in [3.05, 3.63) is 23.8 Å². The molecule has 0 saturated carbocycles. The molecule has 1 aromatic carbocycles. The number of nitrogens with zero attached hydrogens (tertiary/aromatic N) is 2. The van der Waals surface area contributed by atoms with E-state index in [-0.39, 0.29) is 12.1 Å². The second kappa shape index (κ2) is 12.0. The minimum atomic E-state index is 0.131. The average molecular weight is 421 g/mol. The predicted molar refractivity (Wildman–Crippen MR) is 118 cm³/mol. The van der Waals surface area contributed by atoms with Gasteiger partial charge in [-0.05, 0) is 37.5 Å². The van der Waals surface area contributed by atoms with Crippen LogP contribution in [0, 0.1) is 0 Å². The molecule has 8 nitrogen and oxygen atoms in total. The number of guanidine groups is 1. The van der Waals surface area contributed by atoms with Gasteiger partial charge in [-0.15, -0.1) is 0 Å². The first kappa shape index (κ1) is 22.7. The lowest BCUT2D eigenvalue weighted by molar-refractivity contribution is 0.0179. The number of rotatable bonds is 9. The lowest BCUT2D eigenvalue weighted by atomic mass is 10.0. The van der Waals surface area contributed by atoms with E-state index in [1.165, 1.54) is 0 Å². The molecular weight excluding hydrogens is 384 g/mol. The summed E-state index contributed by atoms with van der Waals surface area (Å²) in [4.78, 5) is 7.34. The summed E-state index contributed by atoms with van der Waals surface area (Å²) >= 11 is 0. The molecule has 1 aromatic rings. The zero-order valence-corrected chi connectivity index (χ0v) is 18.5. The van der Waals surface area contributed by atoms with Gasteiger partial charge in [-0.3, -0.25) is 9.89 Å². The van der Waals surface area contributed by atoms with Crippen LogP contribution in [0.4, 0.5) is 0 Å². The second-order valence-electron chi connectivity index (χ2n) is 7.51. The molecule has 2 heterocycles. The Morgan fingerprint density at radius 3 is 2.63 bits per heavy atom. The Morgan fingerprint density at radius 1 is 1.17 bits per heavy atom. The summed E-state index contributed by atoms with van der Waals surface area (Å²) in [5.74, 6) is 2.30. The Bertz CT molecular complexity index is 673. The van der Waals surface area contributed by atoms with Crippen LogP contribution < -0.4 is 20.1 Å². The Balaban J connectivity index is 1.75. The van der Waals surface area contributed by atoms with Gasteiger partial charge in [0.1, 0.15) is 0 Å². The summed E-state index contributed by atoms with van der Waals surface area (Å²) in [6.45, 7) is 8.42. The van der Waals surface area contributed by atoms with Crippen molar-refractivity contribution in [1.29, 1.82) is 0 Å². The summed E-state index contributed by atoms with van der Waals surface area (Å²) < 4.78 is 22.2. The van der Waals surface area contributed by atoms with Crippen molar-refractivity contribution in [3.63, 3.8) is 0 Å². The van der Waals surface area contributed by atoms with Crippen LogP contribution in [-0.4, -0.2) is 83.7 Å². The van der Waals surface area contributed by atoms with E-state index in [0.29, 0.717) is 6.54 Å². The van der Waals surface area contributed by atoms with Gasteiger partial charge in [0.05, 0.1) is 46.1 Å². The normalized spacial score (nSPS) is 21.3. The Morgan fingerprint density at radius 2 is 1.97 bits per heavy atom. The number of ether oxygens (including phenoxy) is 4. The molecule has 0 bridgehead atoms. The van der Waals surface area contributed by atoms with Gasteiger partial charge in [0.15, 0.2) is 17.5 Å². The molecule has 2 aliphatic heterocycles. The van der Waals surface area contributed by atoms with Gasteiger partial charge in [-0.1, -0.05) is 6.07 Å². The van der Waals surface area contributed by atoms with Crippen LogP contribution >= 0.6 is 0 Å². The van der Waals surface area contributed by atoms with Crippen molar-refractivity contribution >= 4 is 5.96 Å². The van der Waals surface area contributed by atoms with Gasteiger partial charge in [0.2, 0.25) is 0 Å². The van der Waals surface area contributed by atoms with Gasteiger partial charge in [0.25, 0.3) is 0 Å². The van der Waals surface area contributed by atoms with E-state index in [1.54, 1.807) is 14.2 Å². The maximum absolute atomic E-state index is 5.73. The molecule has 30 heavy (non-hydrogen) atoms. The predicted octanol–water partition coefficient (Wildman–Crippen LogP) is 1.81. The summed E-state index contributed by atoms with van der Waals surface area (Å²) in [7, 11) is 3.32. The molecule has 2 atom stereocenters. The van der Waals surface area contributed by atoms with Crippen molar-refractivity contribution < 1.29 is 18.9 Å². The molecule has 2 saturated heterocycles. The molecule has 0 radical (unpaired) electrons. The molecule has 0 amide bonds. The lowest BCUT2D eigenvalue weighted by Crippen LogP contribution is -2.43. The molecular formula is C22H36N4O4. The molecule has 8 heteroatoms. The number of nitrogens with one attached hydrogen (secondary N) is 2. The van der Waals surface area contributed by atoms with Crippen molar-refractivity contribution in [2.45, 2.75) is 31.9 Å². The number of aliphatic imine (C=N–C) groups is 1. The first-order valence-corrected chi connectivity index (χ1v) is 10.9. The van der Waals surface area contributed by atoms with E-state index in [9.17, 15) is 0 Å². The molecule has 2 unspecified atom stereocenters. The van der Waals surface area contributed by atoms with Gasteiger partial charge >= 0.3 is 0 Å². The first-order chi connectivity index (χ1) is 14.7. The Labute approximate surface area is 179 Å². The number of methoxy groups -OCH3 is 2. The van der Waals surface area contributed by atoms with E-state index < -0.39 is 0 Å². The lowest BCUT2D eigenvalue weighted by Gasteiger charge is -2.34. The highest BCUT2D eigenvalue weighted by molar-refractivity contribution is 5.79. The van der Waals surface area contributed by atoms with E-state index in [4.69, 9.17) is 23.9 Å². The number of benzene rings is 1. The number of morpholine rings is 1. The topological polar surface area (TPSA) is 76.6 Å². The highest BCUT2D eigenvalue weighted by Gasteiger charge is 2.24. The number of hydrogen-bond donors (Lipinski definition) is 2. The van der Waals surface area contributed by atoms with Gasteiger partial charge in [-0.2, -0.15) is 0 Å². The van der Waals surface area contributed by atoms with Crippen molar-refractivity contribution in [2.24, 2.45) is 4.99 Å². The summed E-state index contributed by atoms with van der Waals surface area (Å²) in [6.07, 6.45) is 2.52. The summed E-state index contributed by atoms with van der Waals surface area (Å²) in [5, 5.41) is 6.79. The minimum Gasteiger partial charge on any atom is -0.493 e. The standard InChI is InChI=1S/C22H36N4O4/c1-4-23-22(24-15-18-6-5-11-30-18)25-16-19(26-9-12-29-13-10-26)17-7-8-20(27-2)21(14-17)28-3/h7-8,14,18-19H,4-6,9-13,15-16H2,1-3H3,(H2,23,24,25). The van der Waals surface area contributed by atoms with E-state index >= 15 is 0 Å². The van der Waals surface area contributed by atoms with Crippen LogP contribution in [0.25, 0.3) is 0 Å². The van der Waals surface area contributed by atoms with Gasteiger partial charge in [-0.25, -0.2) is 0 Å². The van der Waals surface area contributed by atoms with Gasteiger partial charge < -0.3 is 29.6 Å². The molecule has 0 spiro atoms. The summed E-state index contributed by atoms with van der Waals surface area (Å²) in [5.41, 5.74) is 1.16. The van der Waals surface area contributed by atoms with E-state index in [1.807, 2.05) is 6.07 Å². The largest absolute Gasteiger partial charge is 0.493 e. The van der Waals surface area contributed by atoms with Crippen molar-refractivity contribution in [3.8, 4) is 11.5 Å². The third kappa shape index (κ3) is 6.23. The second-order valence-corrected chi connectivity index (χ2v) is 7.51. The van der Waals surface area contributed by atoms with Crippen LogP contribution in [0.15, 0.2) is 23.2 Å². The highest BCUT2D eigenvalue weighted by atomic mass is 16.5. The first-order valence-electron chi connectivity index (χ1n) is 10.9. The SMILES string of the molecule is CCNC(=NCC(c1ccc(OC)c(OC)c1)N1CCOCC1)NCC1CCCO1. The summed E-state index contributed by atoms with van der Waals surface area (Å²) in [6, 6.07) is 6.25. The average Bonchev–Trinajstić information content (AvgIpc) is 3.31. The fourth-order valence-electron chi connectivity index (χ4n) is 3.92. The van der Waals surface area contributed by atoms with Gasteiger partial charge in [0, 0.05) is 32.8 Å². The molecule has 2 N–H and O–H groups in total. The molecule has 0 aromatic heterocycles. The molecule has 2 fully saturated rings. The zero-order chi connectivity index (χ0) is 21.2. The fourth-order valence-corrected chi connectivity index (χ4v) is 3.92. The minimum absolute atomic E-state index is 0.131. The van der Waals surface area contributed by atoms with Crippen molar-refractivity contribution in [2.75, 3.05) is 66.8 Å². The third-order valence-corrected chi connectivity index (χ3v) is 5.57. The smallest absolute Gasteiger partial charge is 0.191 e.